The normalized spacial score (nSPS) is 17.6. The van der Waals surface area contributed by atoms with Crippen LogP contribution in [-0.4, -0.2) is 39.0 Å². The van der Waals surface area contributed by atoms with Gasteiger partial charge in [-0.3, -0.25) is 14.3 Å². The molecule has 4 rings (SSSR count). The number of Topliss-reactive ketones (excluding diaryl/α,β-unsaturated/α-hetero) is 1. The number of thiophene rings is 1. The van der Waals surface area contributed by atoms with Crippen LogP contribution in [0.4, 0.5) is 5.00 Å². The Balaban J connectivity index is 1.79. The van der Waals surface area contributed by atoms with Crippen LogP contribution in [0, 0.1) is 0 Å². The van der Waals surface area contributed by atoms with Crippen LogP contribution in [0.1, 0.15) is 57.8 Å². The number of ether oxygens (including phenoxy) is 1. The summed E-state index contributed by atoms with van der Waals surface area (Å²) in [7, 11) is 0. The Bertz CT molecular complexity index is 1140. The van der Waals surface area contributed by atoms with E-state index in [1.165, 1.54) is 13.3 Å². The zero-order chi connectivity index (χ0) is 22.7. The summed E-state index contributed by atoms with van der Waals surface area (Å²) < 4.78 is 6.95. The lowest BCUT2D eigenvalue weighted by Crippen LogP contribution is -2.41. The quantitative estimate of drug-likeness (QED) is 0.549. The summed E-state index contributed by atoms with van der Waals surface area (Å²) in [5.41, 5.74) is 1.13. The van der Waals surface area contributed by atoms with Gasteiger partial charge in [-0.25, -0.2) is 9.78 Å². The highest BCUT2D eigenvalue weighted by molar-refractivity contribution is 7.19. The lowest BCUT2D eigenvalue weighted by Gasteiger charge is -2.36. The Labute approximate surface area is 189 Å². The van der Waals surface area contributed by atoms with E-state index in [0.29, 0.717) is 46.8 Å². The van der Waals surface area contributed by atoms with Crippen LogP contribution >= 0.6 is 11.3 Å². The largest absolute Gasteiger partial charge is 0.462 e. The topological polar surface area (TPSA) is 103 Å². The van der Waals surface area contributed by atoms with Gasteiger partial charge in [0.05, 0.1) is 22.5 Å². The summed E-state index contributed by atoms with van der Waals surface area (Å²) in [6, 6.07) is 9.72. The number of esters is 1. The third-order valence-electron chi connectivity index (χ3n) is 5.78. The minimum absolute atomic E-state index is 0.0442. The average molecular weight is 453 g/mol. The van der Waals surface area contributed by atoms with E-state index >= 15 is 0 Å². The van der Waals surface area contributed by atoms with Crippen LogP contribution in [0.5, 0.6) is 0 Å². The van der Waals surface area contributed by atoms with Gasteiger partial charge in [-0.05, 0) is 37.3 Å². The third-order valence-corrected chi connectivity index (χ3v) is 6.93. The molecule has 0 spiro atoms. The number of rotatable bonds is 7. The second-order valence-corrected chi connectivity index (χ2v) is 8.72. The molecule has 3 aromatic rings. The summed E-state index contributed by atoms with van der Waals surface area (Å²) in [4.78, 5) is 43.0. The van der Waals surface area contributed by atoms with E-state index in [-0.39, 0.29) is 18.3 Å². The number of hydrogen-bond donors (Lipinski definition) is 1. The number of aryl methyl sites for hydroxylation is 1. The van der Waals surface area contributed by atoms with E-state index in [4.69, 9.17) is 4.74 Å². The monoisotopic (exact) mass is 452 g/mol. The Morgan fingerprint density at radius 1 is 1.28 bits per heavy atom. The average Bonchev–Trinajstić information content (AvgIpc) is 3.42. The maximum atomic E-state index is 14.0. The van der Waals surface area contributed by atoms with E-state index in [1.807, 2.05) is 30.3 Å². The number of hydrogen-bond acceptors (Lipinski definition) is 7. The molecule has 2 heterocycles. The summed E-state index contributed by atoms with van der Waals surface area (Å²) in [5, 5.41) is 7.26. The predicted octanol–water partition coefficient (Wildman–Crippen LogP) is 3.63. The molecule has 2 aromatic heterocycles. The number of nitrogens with one attached hydrogen (secondary N) is 1. The van der Waals surface area contributed by atoms with E-state index in [1.54, 1.807) is 17.9 Å². The van der Waals surface area contributed by atoms with Crippen LogP contribution in [0.2, 0.25) is 0 Å². The second kappa shape index (κ2) is 9.04. The fourth-order valence-corrected chi connectivity index (χ4v) is 5.62. The number of ketones is 1. The standard InChI is InChI=1S/C23H24N4O4S/c1-3-31-22(30)18-17-9-10-23(16-7-5-4-6-8-16,11-12-27-14-24-13-25-27)20(29)19(17)32-21(18)26-15(2)28/h4-8,13-14H,3,9-12H2,1-2H3,(H,26,28). The molecule has 0 saturated heterocycles. The molecule has 9 heteroatoms. The van der Waals surface area contributed by atoms with Gasteiger partial charge in [0.15, 0.2) is 5.78 Å². The molecule has 0 aliphatic heterocycles. The Hall–Kier alpha value is -3.33. The van der Waals surface area contributed by atoms with Crippen molar-refractivity contribution in [1.29, 1.82) is 0 Å². The van der Waals surface area contributed by atoms with Gasteiger partial charge in [0.25, 0.3) is 0 Å². The van der Waals surface area contributed by atoms with Gasteiger partial charge in [-0.2, -0.15) is 5.10 Å². The van der Waals surface area contributed by atoms with E-state index in [9.17, 15) is 14.4 Å². The molecule has 1 unspecified atom stereocenters. The van der Waals surface area contributed by atoms with Gasteiger partial charge < -0.3 is 10.1 Å². The van der Waals surface area contributed by atoms with E-state index in [0.717, 1.165) is 16.9 Å². The first kappa shape index (κ1) is 21.9. The predicted molar refractivity (Wildman–Crippen MR) is 120 cm³/mol. The van der Waals surface area contributed by atoms with Crippen LogP contribution in [0.25, 0.3) is 0 Å². The van der Waals surface area contributed by atoms with Crippen LogP contribution < -0.4 is 5.32 Å². The molecular weight excluding hydrogens is 428 g/mol. The number of carbonyl (C=O) groups excluding carboxylic acids is 3. The van der Waals surface area contributed by atoms with Crippen molar-refractivity contribution in [2.24, 2.45) is 0 Å². The maximum Gasteiger partial charge on any atom is 0.341 e. The molecule has 1 aromatic carbocycles. The molecule has 0 saturated carbocycles. The Kier molecular flexibility index (Phi) is 6.18. The second-order valence-electron chi connectivity index (χ2n) is 7.70. The number of fused-ring (bicyclic) bond motifs is 1. The van der Waals surface area contributed by atoms with Gasteiger partial charge in [-0.1, -0.05) is 30.3 Å². The first-order chi connectivity index (χ1) is 15.5. The highest BCUT2D eigenvalue weighted by atomic mass is 32.1. The fraction of sp³-hybridized carbons (Fsp3) is 0.348. The number of nitrogens with zero attached hydrogens (tertiary/aromatic N) is 3. The SMILES string of the molecule is CCOC(=O)c1c(NC(C)=O)sc2c1CCC(CCn1cncn1)(c1ccccc1)C2=O. The maximum absolute atomic E-state index is 14.0. The zero-order valence-electron chi connectivity index (χ0n) is 18.0. The van der Waals surface area contributed by atoms with Gasteiger partial charge in [0.1, 0.15) is 17.7 Å². The van der Waals surface area contributed by atoms with Gasteiger partial charge >= 0.3 is 5.97 Å². The third kappa shape index (κ3) is 3.95. The minimum atomic E-state index is -0.759. The molecule has 32 heavy (non-hydrogen) atoms. The molecule has 0 fully saturated rings. The molecule has 0 radical (unpaired) electrons. The molecule has 1 aliphatic carbocycles. The van der Waals surface area contributed by atoms with E-state index < -0.39 is 11.4 Å². The van der Waals surface area contributed by atoms with Crippen molar-refractivity contribution in [2.45, 2.75) is 45.1 Å². The summed E-state index contributed by atoms with van der Waals surface area (Å²) in [6.07, 6.45) is 4.72. The van der Waals surface area contributed by atoms with Crippen LogP contribution in [0.15, 0.2) is 43.0 Å². The molecule has 166 valence electrons. The van der Waals surface area contributed by atoms with Crippen molar-refractivity contribution in [1.82, 2.24) is 14.8 Å². The fourth-order valence-electron chi connectivity index (χ4n) is 4.29. The van der Waals surface area contributed by atoms with Crippen molar-refractivity contribution in [3.8, 4) is 0 Å². The smallest absolute Gasteiger partial charge is 0.341 e. The van der Waals surface area contributed by atoms with Crippen molar-refractivity contribution in [2.75, 3.05) is 11.9 Å². The van der Waals surface area contributed by atoms with Gasteiger partial charge in [0, 0.05) is 13.5 Å². The molecule has 1 N–H and O–H groups in total. The molecule has 0 bridgehead atoms. The van der Waals surface area contributed by atoms with Crippen LogP contribution in [0.3, 0.4) is 0 Å². The highest BCUT2D eigenvalue weighted by Gasteiger charge is 2.46. The Morgan fingerprint density at radius 3 is 2.72 bits per heavy atom. The van der Waals surface area contributed by atoms with Crippen molar-refractivity contribution < 1.29 is 19.1 Å². The summed E-state index contributed by atoms with van der Waals surface area (Å²) in [5.74, 6) is -0.865. The molecule has 1 atom stereocenters. The minimum Gasteiger partial charge on any atom is -0.462 e. The van der Waals surface area contributed by atoms with E-state index in [2.05, 4.69) is 15.4 Å². The van der Waals surface area contributed by atoms with Crippen molar-refractivity contribution >= 4 is 34.0 Å². The first-order valence-corrected chi connectivity index (χ1v) is 11.3. The van der Waals surface area contributed by atoms with Gasteiger partial charge in [-0.15, -0.1) is 11.3 Å². The van der Waals surface area contributed by atoms with Gasteiger partial charge in [0.2, 0.25) is 5.91 Å². The number of benzene rings is 1. The number of anilines is 1. The van der Waals surface area contributed by atoms with Crippen molar-refractivity contribution in [3.63, 3.8) is 0 Å². The number of aromatic nitrogens is 3. The molecule has 1 aliphatic rings. The molecule has 8 nitrogen and oxygen atoms in total. The zero-order valence-corrected chi connectivity index (χ0v) is 18.8. The Morgan fingerprint density at radius 2 is 2.06 bits per heavy atom. The lowest BCUT2D eigenvalue weighted by atomic mass is 9.66. The first-order valence-electron chi connectivity index (χ1n) is 10.5. The summed E-state index contributed by atoms with van der Waals surface area (Å²) in [6.45, 7) is 3.85. The molecule has 1 amide bonds. The number of carbonyl (C=O) groups is 3. The highest BCUT2D eigenvalue weighted by Crippen LogP contribution is 2.47. The molecular formula is C23H24N4O4S. The van der Waals surface area contributed by atoms with Crippen molar-refractivity contribution in [3.05, 3.63) is 64.6 Å². The summed E-state index contributed by atoms with van der Waals surface area (Å²) >= 11 is 1.16. The number of amides is 1. The lowest BCUT2D eigenvalue weighted by molar-refractivity contribution is -0.114. The van der Waals surface area contributed by atoms with Crippen LogP contribution in [-0.2, 0) is 27.9 Å².